The SMILES string of the molecule is CN(c1ncc(CN)nc1C(=O)OC(C)(C)C)S(C)(=O)=O. The van der Waals surface area contributed by atoms with Crippen LogP contribution in [0, 0.1) is 0 Å². The van der Waals surface area contributed by atoms with E-state index in [1.807, 2.05) is 0 Å². The highest BCUT2D eigenvalue weighted by molar-refractivity contribution is 7.92. The van der Waals surface area contributed by atoms with Crippen molar-refractivity contribution >= 4 is 21.8 Å². The van der Waals surface area contributed by atoms with E-state index in [2.05, 4.69) is 9.97 Å². The molecule has 0 amide bonds. The summed E-state index contributed by atoms with van der Waals surface area (Å²) in [4.78, 5) is 20.2. The van der Waals surface area contributed by atoms with Crippen LogP contribution in [0.15, 0.2) is 6.20 Å². The summed E-state index contributed by atoms with van der Waals surface area (Å²) in [6, 6.07) is 0. The second-order valence-electron chi connectivity index (χ2n) is 5.47. The van der Waals surface area contributed by atoms with Crippen LogP contribution < -0.4 is 10.0 Å². The number of hydrogen-bond acceptors (Lipinski definition) is 7. The van der Waals surface area contributed by atoms with Gasteiger partial charge in [0.1, 0.15) is 5.60 Å². The number of rotatable bonds is 4. The molecule has 8 nitrogen and oxygen atoms in total. The van der Waals surface area contributed by atoms with Crippen LogP contribution in [0.3, 0.4) is 0 Å². The summed E-state index contributed by atoms with van der Waals surface area (Å²) in [5.74, 6) is -0.847. The zero-order valence-corrected chi connectivity index (χ0v) is 13.6. The Morgan fingerprint density at radius 3 is 2.43 bits per heavy atom. The van der Waals surface area contributed by atoms with Gasteiger partial charge >= 0.3 is 5.97 Å². The lowest BCUT2D eigenvalue weighted by Crippen LogP contribution is -2.31. The van der Waals surface area contributed by atoms with Crippen LogP contribution in [0.2, 0.25) is 0 Å². The Morgan fingerprint density at radius 1 is 1.43 bits per heavy atom. The van der Waals surface area contributed by atoms with Gasteiger partial charge in [0, 0.05) is 13.6 Å². The van der Waals surface area contributed by atoms with Gasteiger partial charge in [0.2, 0.25) is 10.0 Å². The van der Waals surface area contributed by atoms with Gasteiger partial charge in [-0.1, -0.05) is 0 Å². The lowest BCUT2D eigenvalue weighted by molar-refractivity contribution is 0.00632. The third-order valence-electron chi connectivity index (χ3n) is 2.40. The van der Waals surface area contributed by atoms with Gasteiger partial charge in [-0.2, -0.15) is 0 Å². The summed E-state index contributed by atoms with van der Waals surface area (Å²) in [5.41, 5.74) is 4.92. The van der Waals surface area contributed by atoms with E-state index in [0.29, 0.717) is 5.69 Å². The van der Waals surface area contributed by atoms with E-state index >= 15 is 0 Å². The molecule has 9 heteroatoms. The molecule has 1 rings (SSSR count). The molecule has 0 spiro atoms. The summed E-state index contributed by atoms with van der Waals surface area (Å²) in [6.07, 6.45) is 2.33. The predicted octanol–water partition coefficient (Wildman–Crippen LogP) is 0.286. The maximum atomic E-state index is 12.2. The van der Waals surface area contributed by atoms with E-state index in [4.69, 9.17) is 10.5 Å². The molecule has 1 aromatic heterocycles. The van der Waals surface area contributed by atoms with Crippen molar-refractivity contribution in [2.24, 2.45) is 5.73 Å². The number of hydrogen-bond donors (Lipinski definition) is 1. The third-order valence-corrected chi connectivity index (χ3v) is 3.57. The summed E-state index contributed by atoms with van der Waals surface area (Å²) in [5, 5.41) is 0. The van der Waals surface area contributed by atoms with Crippen molar-refractivity contribution in [3.8, 4) is 0 Å². The lowest BCUT2D eigenvalue weighted by Gasteiger charge is -2.22. The average Bonchev–Trinajstić information content (AvgIpc) is 2.34. The van der Waals surface area contributed by atoms with Crippen molar-refractivity contribution < 1.29 is 17.9 Å². The zero-order valence-electron chi connectivity index (χ0n) is 12.7. The number of carbonyl (C=O) groups excluding carboxylic acids is 1. The third kappa shape index (κ3) is 4.64. The fourth-order valence-electron chi connectivity index (χ4n) is 1.37. The van der Waals surface area contributed by atoms with E-state index in [-0.39, 0.29) is 18.1 Å². The number of nitrogens with two attached hydrogens (primary N) is 1. The molecule has 2 N–H and O–H groups in total. The molecule has 1 aromatic rings. The molecule has 0 fully saturated rings. The first kappa shape index (κ1) is 17.3. The zero-order chi connectivity index (χ0) is 16.4. The molecule has 0 aliphatic rings. The molecule has 0 saturated heterocycles. The van der Waals surface area contributed by atoms with Crippen molar-refractivity contribution in [3.05, 3.63) is 17.6 Å². The number of esters is 1. The maximum absolute atomic E-state index is 12.2. The van der Waals surface area contributed by atoms with Gasteiger partial charge in [0.05, 0.1) is 18.1 Å². The van der Waals surface area contributed by atoms with Gasteiger partial charge in [-0.25, -0.2) is 23.2 Å². The van der Waals surface area contributed by atoms with Crippen LogP contribution in [-0.4, -0.2) is 43.3 Å². The Labute approximate surface area is 124 Å². The van der Waals surface area contributed by atoms with Crippen LogP contribution in [0.1, 0.15) is 37.0 Å². The Morgan fingerprint density at radius 2 is 2.00 bits per heavy atom. The summed E-state index contributed by atoms with van der Waals surface area (Å²) >= 11 is 0. The number of nitrogens with zero attached hydrogens (tertiary/aromatic N) is 3. The monoisotopic (exact) mass is 316 g/mol. The van der Waals surface area contributed by atoms with E-state index < -0.39 is 21.6 Å². The summed E-state index contributed by atoms with van der Waals surface area (Å²) in [6.45, 7) is 5.17. The second kappa shape index (κ2) is 5.94. The van der Waals surface area contributed by atoms with Crippen molar-refractivity contribution in [2.45, 2.75) is 32.9 Å². The Balaban J connectivity index is 3.36. The van der Waals surface area contributed by atoms with Crippen molar-refractivity contribution in [2.75, 3.05) is 17.6 Å². The van der Waals surface area contributed by atoms with Crippen LogP contribution in [0.5, 0.6) is 0 Å². The fraction of sp³-hybridized carbons (Fsp3) is 0.583. The Bertz CT molecular complexity index is 637. The number of ether oxygens (including phenoxy) is 1. The minimum atomic E-state index is -3.58. The number of carbonyl (C=O) groups is 1. The molecule has 0 aliphatic heterocycles. The van der Waals surface area contributed by atoms with Crippen LogP contribution in [0.4, 0.5) is 5.82 Å². The second-order valence-corrected chi connectivity index (χ2v) is 7.48. The average molecular weight is 316 g/mol. The molecular formula is C12H20N4O4S. The summed E-state index contributed by atoms with van der Waals surface area (Å²) < 4.78 is 29.4. The molecular weight excluding hydrogens is 296 g/mol. The van der Waals surface area contributed by atoms with E-state index in [9.17, 15) is 13.2 Å². The molecule has 0 radical (unpaired) electrons. The minimum Gasteiger partial charge on any atom is -0.455 e. The highest BCUT2D eigenvalue weighted by atomic mass is 32.2. The molecule has 1 heterocycles. The molecule has 0 saturated carbocycles. The lowest BCUT2D eigenvalue weighted by atomic mass is 10.2. The topological polar surface area (TPSA) is 115 Å². The van der Waals surface area contributed by atoms with Crippen molar-refractivity contribution in [1.29, 1.82) is 0 Å². The van der Waals surface area contributed by atoms with E-state index in [0.717, 1.165) is 10.6 Å². The standard InChI is InChI=1S/C12H20N4O4S/c1-12(2,3)20-11(17)9-10(16(4)21(5,18)19)14-7-8(6-13)15-9/h7H,6,13H2,1-5H3. The Hall–Kier alpha value is -1.74. The molecule has 0 unspecified atom stereocenters. The van der Waals surface area contributed by atoms with E-state index in [1.165, 1.54) is 13.2 Å². The molecule has 21 heavy (non-hydrogen) atoms. The normalized spacial score (nSPS) is 12.1. The van der Waals surface area contributed by atoms with Crippen molar-refractivity contribution in [3.63, 3.8) is 0 Å². The Kier molecular flexibility index (Phi) is 4.90. The highest BCUT2D eigenvalue weighted by Gasteiger charge is 2.27. The first-order chi connectivity index (χ1) is 9.45. The van der Waals surface area contributed by atoms with Crippen LogP contribution >= 0.6 is 0 Å². The minimum absolute atomic E-state index is 0.0751. The number of aromatic nitrogens is 2. The quantitative estimate of drug-likeness (QED) is 0.793. The largest absolute Gasteiger partial charge is 0.455 e. The molecule has 118 valence electrons. The van der Waals surface area contributed by atoms with Gasteiger partial charge < -0.3 is 10.5 Å². The first-order valence-electron chi connectivity index (χ1n) is 6.19. The van der Waals surface area contributed by atoms with Gasteiger partial charge in [-0.3, -0.25) is 4.31 Å². The maximum Gasteiger partial charge on any atom is 0.361 e. The predicted molar refractivity (Wildman–Crippen MR) is 78.3 cm³/mol. The highest BCUT2D eigenvalue weighted by Crippen LogP contribution is 2.20. The van der Waals surface area contributed by atoms with Gasteiger partial charge in [0.15, 0.2) is 11.5 Å². The fourth-order valence-corrected chi connectivity index (χ4v) is 1.82. The van der Waals surface area contributed by atoms with Crippen molar-refractivity contribution in [1.82, 2.24) is 9.97 Å². The smallest absolute Gasteiger partial charge is 0.361 e. The van der Waals surface area contributed by atoms with Crippen LogP contribution in [-0.2, 0) is 21.3 Å². The summed E-state index contributed by atoms with van der Waals surface area (Å²) in [7, 11) is -2.30. The number of sulfonamides is 1. The van der Waals surface area contributed by atoms with Gasteiger partial charge in [-0.15, -0.1) is 0 Å². The molecule has 0 aromatic carbocycles. The molecule has 0 aliphatic carbocycles. The van der Waals surface area contributed by atoms with Gasteiger partial charge in [0.25, 0.3) is 0 Å². The van der Waals surface area contributed by atoms with Crippen LogP contribution in [0.25, 0.3) is 0 Å². The molecule has 0 bridgehead atoms. The number of anilines is 1. The van der Waals surface area contributed by atoms with E-state index in [1.54, 1.807) is 20.8 Å². The molecule has 0 atom stereocenters. The first-order valence-corrected chi connectivity index (χ1v) is 8.04. The van der Waals surface area contributed by atoms with Gasteiger partial charge in [-0.05, 0) is 20.8 Å².